The van der Waals surface area contributed by atoms with E-state index in [4.69, 9.17) is 0 Å². The van der Waals surface area contributed by atoms with Crippen molar-refractivity contribution in [3.05, 3.63) is 0 Å². The van der Waals surface area contributed by atoms with E-state index >= 15 is 0 Å². The Morgan fingerprint density at radius 2 is 2.23 bits per heavy atom. The van der Waals surface area contributed by atoms with Crippen LogP contribution in [-0.2, 0) is 4.79 Å². The smallest absolute Gasteiger partial charge is 0.207 e. The maximum absolute atomic E-state index is 10.4. The highest BCUT2D eigenvalue weighted by Crippen LogP contribution is 2.41. The fourth-order valence-corrected chi connectivity index (χ4v) is 2.22. The highest BCUT2D eigenvalue weighted by Gasteiger charge is 2.42. The number of rotatable bonds is 6. The molecule has 2 N–H and O–H groups in total. The van der Waals surface area contributed by atoms with Crippen LogP contribution in [0.15, 0.2) is 0 Å². The summed E-state index contributed by atoms with van der Waals surface area (Å²) in [4.78, 5) is 10.4. The maximum atomic E-state index is 10.4. The van der Waals surface area contributed by atoms with Crippen molar-refractivity contribution in [2.45, 2.75) is 38.1 Å². The molecule has 1 saturated carbocycles. The summed E-state index contributed by atoms with van der Waals surface area (Å²) in [7, 11) is 1.95. The van der Waals surface area contributed by atoms with Gasteiger partial charge in [-0.1, -0.05) is 13.3 Å². The summed E-state index contributed by atoms with van der Waals surface area (Å²) < 4.78 is 0. The monoisotopic (exact) mass is 184 g/mol. The number of carbonyl (C=O) groups excluding carboxylic acids is 1. The van der Waals surface area contributed by atoms with Gasteiger partial charge in [0.25, 0.3) is 0 Å². The molecule has 1 amide bonds. The van der Waals surface area contributed by atoms with E-state index < -0.39 is 0 Å². The SMILES string of the molecule is CCC1CC(CCNC)(NC=O)C1. The Morgan fingerprint density at radius 3 is 2.69 bits per heavy atom. The molecule has 1 rings (SSSR count). The van der Waals surface area contributed by atoms with Gasteiger partial charge in [0.2, 0.25) is 6.41 Å². The van der Waals surface area contributed by atoms with Crippen molar-refractivity contribution >= 4 is 6.41 Å². The number of nitrogens with one attached hydrogen (secondary N) is 2. The first kappa shape index (κ1) is 10.5. The molecule has 0 aliphatic heterocycles. The van der Waals surface area contributed by atoms with Gasteiger partial charge >= 0.3 is 0 Å². The summed E-state index contributed by atoms with van der Waals surface area (Å²) in [6.45, 7) is 3.20. The van der Waals surface area contributed by atoms with Gasteiger partial charge in [-0.05, 0) is 38.8 Å². The summed E-state index contributed by atoms with van der Waals surface area (Å²) in [5, 5.41) is 6.10. The molecule has 0 radical (unpaired) electrons. The molecule has 76 valence electrons. The van der Waals surface area contributed by atoms with Gasteiger partial charge in [-0.3, -0.25) is 4.79 Å². The Kier molecular flexibility index (Phi) is 3.72. The molecule has 1 aliphatic carbocycles. The van der Waals surface area contributed by atoms with Gasteiger partial charge in [-0.15, -0.1) is 0 Å². The average molecular weight is 184 g/mol. The molecule has 0 saturated heterocycles. The van der Waals surface area contributed by atoms with Crippen molar-refractivity contribution in [3.8, 4) is 0 Å². The molecule has 13 heavy (non-hydrogen) atoms. The molecule has 3 heteroatoms. The topological polar surface area (TPSA) is 41.1 Å². The molecule has 0 aromatic heterocycles. The Balaban J connectivity index is 2.34. The maximum Gasteiger partial charge on any atom is 0.207 e. The first-order valence-electron chi connectivity index (χ1n) is 5.12. The quantitative estimate of drug-likeness (QED) is 0.602. The number of hydrogen-bond donors (Lipinski definition) is 2. The van der Waals surface area contributed by atoms with Crippen molar-refractivity contribution < 1.29 is 4.79 Å². The van der Waals surface area contributed by atoms with Crippen LogP contribution in [-0.4, -0.2) is 25.5 Å². The molecule has 0 unspecified atom stereocenters. The standard InChI is InChI=1S/C10H20N2O/c1-3-9-6-10(7-9,12-8-13)4-5-11-2/h8-9,11H,3-7H2,1-2H3,(H,12,13). The predicted octanol–water partition coefficient (Wildman–Crippen LogP) is 0.901. The molecule has 0 spiro atoms. The van der Waals surface area contributed by atoms with Gasteiger partial charge in [-0.2, -0.15) is 0 Å². The lowest BCUT2D eigenvalue weighted by atomic mass is 9.65. The first-order chi connectivity index (χ1) is 6.26. The summed E-state index contributed by atoms with van der Waals surface area (Å²) in [6.07, 6.45) is 5.45. The molecule has 0 aromatic rings. The number of amides is 1. The van der Waals surface area contributed by atoms with Gasteiger partial charge in [0.1, 0.15) is 0 Å². The van der Waals surface area contributed by atoms with Gasteiger partial charge in [-0.25, -0.2) is 0 Å². The lowest BCUT2D eigenvalue weighted by Gasteiger charge is -2.47. The molecule has 1 aliphatic rings. The Bertz CT molecular complexity index is 159. The third-order valence-corrected chi connectivity index (χ3v) is 3.15. The van der Waals surface area contributed by atoms with Crippen LogP contribution in [0.1, 0.15) is 32.6 Å². The Hall–Kier alpha value is -0.570. The fraction of sp³-hybridized carbons (Fsp3) is 0.900. The zero-order valence-electron chi connectivity index (χ0n) is 8.60. The van der Waals surface area contributed by atoms with Crippen molar-refractivity contribution in [1.29, 1.82) is 0 Å². The normalized spacial score (nSPS) is 32.3. The second-order valence-corrected chi connectivity index (χ2v) is 4.08. The van der Waals surface area contributed by atoms with Gasteiger partial charge in [0, 0.05) is 5.54 Å². The summed E-state index contributed by atoms with van der Waals surface area (Å²) in [6, 6.07) is 0. The molecular weight excluding hydrogens is 164 g/mol. The predicted molar refractivity (Wildman–Crippen MR) is 53.5 cm³/mol. The van der Waals surface area contributed by atoms with Crippen LogP contribution in [0.3, 0.4) is 0 Å². The second kappa shape index (κ2) is 4.61. The lowest BCUT2D eigenvalue weighted by Crippen LogP contribution is -2.55. The van der Waals surface area contributed by atoms with Gasteiger partial charge in [0.05, 0.1) is 0 Å². The van der Waals surface area contributed by atoms with E-state index in [0.717, 1.165) is 38.1 Å². The molecule has 0 aromatic carbocycles. The van der Waals surface area contributed by atoms with E-state index in [0.29, 0.717) is 0 Å². The van der Waals surface area contributed by atoms with Crippen LogP contribution in [0.4, 0.5) is 0 Å². The van der Waals surface area contributed by atoms with E-state index in [-0.39, 0.29) is 5.54 Å². The highest BCUT2D eigenvalue weighted by atomic mass is 16.1. The van der Waals surface area contributed by atoms with Crippen molar-refractivity contribution in [2.24, 2.45) is 5.92 Å². The van der Waals surface area contributed by atoms with Crippen LogP contribution in [0.5, 0.6) is 0 Å². The first-order valence-corrected chi connectivity index (χ1v) is 5.12. The van der Waals surface area contributed by atoms with Crippen LogP contribution in [0.2, 0.25) is 0 Å². The van der Waals surface area contributed by atoms with Crippen molar-refractivity contribution in [3.63, 3.8) is 0 Å². The summed E-state index contributed by atoms with van der Waals surface area (Å²) in [5.74, 6) is 0.823. The second-order valence-electron chi connectivity index (χ2n) is 4.08. The zero-order chi connectivity index (χ0) is 9.73. The molecule has 1 fully saturated rings. The molecule has 3 nitrogen and oxygen atoms in total. The molecule has 0 atom stereocenters. The summed E-state index contributed by atoms with van der Waals surface area (Å²) in [5.41, 5.74) is 0.117. The lowest BCUT2D eigenvalue weighted by molar-refractivity contribution is -0.113. The van der Waals surface area contributed by atoms with E-state index in [1.807, 2.05) is 7.05 Å². The minimum Gasteiger partial charge on any atom is -0.353 e. The third-order valence-electron chi connectivity index (χ3n) is 3.15. The van der Waals surface area contributed by atoms with E-state index in [2.05, 4.69) is 17.6 Å². The van der Waals surface area contributed by atoms with E-state index in [9.17, 15) is 4.79 Å². The van der Waals surface area contributed by atoms with E-state index in [1.165, 1.54) is 6.42 Å². The molecular formula is C10H20N2O. The fourth-order valence-electron chi connectivity index (χ4n) is 2.22. The Labute approximate surface area is 80.3 Å². The molecule has 0 heterocycles. The van der Waals surface area contributed by atoms with Crippen molar-refractivity contribution in [2.75, 3.05) is 13.6 Å². The average Bonchev–Trinajstić information content (AvgIpc) is 2.08. The van der Waals surface area contributed by atoms with Crippen LogP contribution >= 0.6 is 0 Å². The largest absolute Gasteiger partial charge is 0.353 e. The number of carbonyl (C=O) groups is 1. The van der Waals surface area contributed by atoms with Crippen LogP contribution in [0, 0.1) is 5.92 Å². The van der Waals surface area contributed by atoms with Gasteiger partial charge in [0.15, 0.2) is 0 Å². The van der Waals surface area contributed by atoms with Crippen molar-refractivity contribution in [1.82, 2.24) is 10.6 Å². The third kappa shape index (κ3) is 2.44. The highest BCUT2D eigenvalue weighted by molar-refractivity contribution is 5.48. The summed E-state index contributed by atoms with van der Waals surface area (Å²) >= 11 is 0. The van der Waals surface area contributed by atoms with Crippen LogP contribution < -0.4 is 10.6 Å². The Morgan fingerprint density at radius 1 is 1.54 bits per heavy atom. The molecule has 0 bridgehead atoms. The number of hydrogen-bond acceptors (Lipinski definition) is 2. The van der Waals surface area contributed by atoms with Crippen LogP contribution in [0.25, 0.3) is 0 Å². The van der Waals surface area contributed by atoms with E-state index in [1.54, 1.807) is 0 Å². The minimum absolute atomic E-state index is 0.117. The zero-order valence-corrected chi connectivity index (χ0v) is 8.60. The van der Waals surface area contributed by atoms with Gasteiger partial charge < -0.3 is 10.6 Å². The minimum atomic E-state index is 0.117.